The zero-order valence-corrected chi connectivity index (χ0v) is 20.5. The normalized spacial score (nSPS) is 20.5. The molecule has 1 aliphatic heterocycles. The van der Waals surface area contributed by atoms with Crippen LogP contribution < -0.4 is 4.74 Å². The largest absolute Gasteiger partial charge is 0.487 e. The molecule has 0 unspecified atom stereocenters. The van der Waals surface area contributed by atoms with E-state index in [0.29, 0.717) is 11.1 Å². The van der Waals surface area contributed by atoms with Gasteiger partial charge in [-0.2, -0.15) is 4.31 Å². The van der Waals surface area contributed by atoms with Crippen LogP contribution in [0.25, 0.3) is 0 Å². The molecule has 0 spiro atoms. The van der Waals surface area contributed by atoms with Gasteiger partial charge in [0.2, 0.25) is 15.9 Å². The number of rotatable bonds is 4. The van der Waals surface area contributed by atoms with Gasteiger partial charge in [0.15, 0.2) is 0 Å². The van der Waals surface area contributed by atoms with Gasteiger partial charge in [0, 0.05) is 43.6 Å². The average molecular weight is 489 g/mol. The fraction of sp³-hybridized carbons (Fsp3) is 0.400. The van der Waals surface area contributed by atoms with Crippen molar-refractivity contribution in [1.29, 1.82) is 0 Å². The summed E-state index contributed by atoms with van der Waals surface area (Å²) >= 11 is 0. The second-order valence-electron chi connectivity index (χ2n) is 8.56. The number of carbonyl (C=O) groups excluding carboxylic acids is 1. The highest BCUT2D eigenvalue weighted by molar-refractivity contribution is 7.89. The van der Waals surface area contributed by atoms with Crippen LogP contribution in [0.5, 0.6) is 5.75 Å². The van der Waals surface area contributed by atoms with Gasteiger partial charge in [-0.3, -0.25) is 4.79 Å². The third-order valence-electron chi connectivity index (χ3n) is 5.83. The first kappa shape index (κ1) is 25.7. The van der Waals surface area contributed by atoms with Crippen molar-refractivity contribution in [2.45, 2.75) is 37.8 Å². The molecule has 1 heterocycles. The molecule has 182 valence electrons. The first-order valence-electron chi connectivity index (χ1n) is 11.0. The molecule has 0 saturated carbocycles. The van der Waals surface area contributed by atoms with Gasteiger partial charge in [-0.25, -0.2) is 12.8 Å². The first-order chi connectivity index (χ1) is 16.0. The number of ether oxygens (including phenoxy) is 1. The molecule has 0 aliphatic carbocycles. The summed E-state index contributed by atoms with van der Waals surface area (Å²) in [6, 6.07) is 9.77. The number of hydrogen-bond acceptors (Lipinski definition) is 5. The third kappa shape index (κ3) is 5.76. The van der Waals surface area contributed by atoms with Crippen molar-refractivity contribution in [3.05, 3.63) is 59.4 Å². The molecular weight excluding hydrogens is 459 g/mol. The molecule has 1 N–H and O–H groups in total. The molecule has 1 amide bonds. The molecule has 34 heavy (non-hydrogen) atoms. The number of carbonyl (C=O) groups is 1. The van der Waals surface area contributed by atoms with E-state index in [0.717, 1.165) is 0 Å². The Morgan fingerprint density at radius 2 is 1.94 bits per heavy atom. The minimum absolute atomic E-state index is 0.0357. The Labute approximate surface area is 200 Å². The molecule has 2 aromatic carbocycles. The maximum absolute atomic E-state index is 13.5. The lowest BCUT2D eigenvalue weighted by atomic mass is 10.0. The highest BCUT2D eigenvalue weighted by Gasteiger charge is 2.38. The Bertz CT molecular complexity index is 1220. The lowest BCUT2D eigenvalue weighted by Crippen LogP contribution is -2.50. The number of aliphatic hydroxyl groups is 1. The maximum atomic E-state index is 13.5. The Hall–Kier alpha value is -2.93. The molecule has 0 aromatic heterocycles. The molecule has 3 rings (SSSR count). The number of hydrogen-bond donors (Lipinski definition) is 1. The van der Waals surface area contributed by atoms with Crippen LogP contribution in [0.1, 0.15) is 31.9 Å². The molecule has 7 nitrogen and oxygen atoms in total. The Kier molecular flexibility index (Phi) is 7.97. The van der Waals surface area contributed by atoms with E-state index in [-0.39, 0.29) is 42.2 Å². The average Bonchev–Trinajstić information content (AvgIpc) is 2.79. The van der Waals surface area contributed by atoms with Crippen LogP contribution >= 0.6 is 0 Å². The predicted octanol–water partition coefficient (Wildman–Crippen LogP) is 2.47. The fourth-order valence-corrected chi connectivity index (χ4v) is 5.46. The van der Waals surface area contributed by atoms with Gasteiger partial charge in [-0.15, -0.1) is 0 Å². The molecule has 1 aliphatic rings. The SMILES string of the molecule is CC(=O)N(C)C[C@H]1Oc2cc(C#Cc3cccc(F)c3)ccc2S(=O)(=O)N([C@H](C)CO)C[C@@H]1C. The van der Waals surface area contributed by atoms with Crippen molar-refractivity contribution in [3.63, 3.8) is 0 Å². The minimum atomic E-state index is -3.97. The number of sulfonamides is 1. The number of halogens is 1. The number of aliphatic hydroxyl groups excluding tert-OH is 1. The summed E-state index contributed by atoms with van der Waals surface area (Å²) in [6.45, 7) is 4.99. The number of fused-ring (bicyclic) bond motifs is 1. The quantitative estimate of drug-likeness (QED) is 0.669. The number of benzene rings is 2. The molecular formula is C25H29FN2O5S. The smallest absolute Gasteiger partial charge is 0.247 e. The van der Waals surface area contributed by atoms with E-state index < -0.39 is 28.0 Å². The second-order valence-corrected chi connectivity index (χ2v) is 10.4. The molecule has 2 aromatic rings. The second kappa shape index (κ2) is 10.6. The van der Waals surface area contributed by atoms with Crippen molar-refractivity contribution < 1.29 is 27.4 Å². The summed E-state index contributed by atoms with van der Waals surface area (Å²) in [5.41, 5.74) is 0.977. The van der Waals surface area contributed by atoms with Crippen molar-refractivity contribution in [3.8, 4) is 17.6 Å². The summed E-state index contributed by atoms with van der Waals surface area (Å²) in [5, 5.41) is 9.71. The van der Waals surface area contributed by atoms with Crippen LogP contribution in [0.2, 0.25) is 0 Å². The molecule has 3 atom stereocenters. The number of amides is 1. The zero-order valence-electron chi connectivity index (χ0n) is 19.7. The van der Waals surface area contributed by atoms with Crippen LogP contribution in [0.15, 0.2) is 47.4 Å². The van der Waals surface area contributed by atoms with E-state index in [4.69, 9.17) is 4.74 Å². The summed E-state index contributed by atoms with van der Waals surface area (Å²) in [6.07, 6.45) is -0.497. The van der Waals surface area contributed by atoms with Gasteiger partial charge < -0.3 is 14.7 Å². The van der Waals surface area contributed by atoms with Crippen LogP contribution in [-0.4, -0.2) is 67.5 Å². The van der Waals surface area contributed by atoms with Crippen molar-refractivity contribution in [2.24, 2.45) is 5.92 Å². The number of nitrogens with zero attached hydrogens (tertiary/aromatic N) is 2. The number of likely N-dealkylation sites (N-methyl/N-ethyl adjacent to an activating group) is 1. The van der Waals surface area contributed by atoms with Crippen molar-refractivity contribution in [1.82, 2.24) is 9.21 Å². The van der Waals surface area contributed by atoms with Gasteiger partial charge in [-0.05, 0) is 43.3 Å². The van der Waals surface area contributed by atoms with E-state index >= 15 is 0 Å². The summed E-state index contributed by atoms with van der Waals surface area (Å²) < 4.78 is 47.9. The lowest BCUT2D eigenvalue weighted by Gasteiger charge is -2.37. The summed E-state index contributed by atoms with van der Waals surface area (Å²) in [4.78, 5) is 13.3. The van der Waals surface area contributed by atoms with Gasteiger partial charge in [0.1, 0.15) is 22.6 Å². The molecule has 9 heteroatoms. The molecule has 0 fully saturated rings. The summed E-state index contributed by atoms with van der Waals surface area (Å²) in [5.74, 6) is 5.10. The van der Waals surface area contributed by atoms with Crippen LogP contribution in [0.3, 0.4) is 0 Å². The van der Waals surface area contributed by atoms with Crippen molar-refractivity contribution in [2.75, 3.05) is 26.7 Å². The van der Waals surface area contributed by atoms with E-state index in [1.54, 1.807) is 38.2 Å². The van der Waals surface area contributed by atoms with E-state index in [9.17, 15) is 22.7 Å². The summed E-state index contributed by atoms with van der Waals surface area (Å²) in [7, 11) is -2.32. The van der Waals surface area contributed by atoms with Crippen LogP contribution in [0, 0.1) is 23.6 Å². The van der Waals surface area contributed by atoms with Gasteiger partial charge >= 0.3 is 0 Å². The molecule has 0 saturated heterocycles. The molecule has 0 bridgehead atoms. The lowest BCUT2D eigenvalue weighted by molar-refractivity contribution is -0.129. The highest BCUT2D eigenvalue weighted by atomic mass is 32.2. The zero-order chi connectivity index (χ0) is 25.0. The van der Waals surface area contributed by atoms with E-state index in [1.807, 2.05) is 6.92 Å². The molecule has 0 radical (unpaired) electrons. The van der Waals surface area contributed by atoms with E-state index in [1.165, 1.54) is 34.3 Å². The predicted molar refractivity (Wildman–Crippen MR) is 126 cm³/mol. The van der Waals surface area contributed by atoms with Gasteiger partial charge in [0.25, 0.3) is 0 Å². The topological polar surface area (TPSA) is 87.2 Å². The van der Waals surface area contributed by atoms with Crippen LogP contribution in [0.4, 0.5) is 4.39 Å². The fourth-order valence-electron chi connectivity index (χ4n) is 3.63. The first-order valence-corrected chi connectivity index (χ1v) is 12.4. The third-order valence-corrected chi connectivity index (χ3v) is 7.85. The van der Waals surface area contributed by atoms with Crippen molar-refractivity contribution >= 4 is 15.9 Å². The Morgan fingerprint density at radius 1 is 1.26 bits per heavy atom. The van der Waals surface area contributed by atoms with Gasteiger partial charge in [0.05, 0.1) is 13.2 Å². The van der Waals surface area contributed by atoms with Gasteiger partial charge in [-0.1, -0.05) is 24.8 Å². The van der Waals surface area contributed by atoms with Crippen LogP contribution in [-0.2, 0) is 14.8 Å². The standard InChI is InChI=1S/C25H29FN2O5S/c1-17-14-28(18(2)16-29)34(31,32)25-11-10-21(9-8-20-6-5-7-22(26)12-20)13-23(25)33-24(17)15-27(4)19(3)30/h5-7,10-13,17-18,24,29H,14-16H2,1-4H3/t17-,18+,24+/m0/s1. The monoisotopic (exact) mass is 488 g/mol. The highest BCUT2D eigenvalue weighted by Crippen LogP contribution is 2.34. The Morgan fingerprint density at radius 3 is 2.56 bits per heavy atom. The maximum Gasteiger partial charge on any atom is 0.247 e. The Balaban J connectivity index is 2.08. The minimum Gasteiger partial charge on any atom is -0.487 e. The van der Waals surface area contributed by atoms with E-state index in [2.05, 4.69) is 11.8 Å².